The fraction of sp³-hybridized carbons (Fsp3) is 0.455. The number of aryl methyl sites for hydroxylation is 1. The third-order valence-corrected chi connectivity index (χ3v) is 5.51. The van der Waals surface area contributed by atoms with Gasteiger partial charge in [-0.1, -0.05) is 30.3 Å². The predicted molar refractivity (Wildman–Crippen MR) is 110 cm³/mol. The summed E-state index contributed by atoms with van der Waals surface area (Å²) in [6.07, 6.45) is 1.66. The van der Waals surface area contributed by atoms with E-state index in [1.165, 1.54) is 5.56 Å². The minimum Gasteiger partial charge on any atom is -0.355 e. The van der Waals surface area contributed by atoms with Gasteiger partial charge in [0.15, 0.2) is 0 Å². The van der Waals surface area contributed by atoms with Gasteiger partial charge >= 0.3 is 0 Å². The lowest BCUT2D eigenvalue weighted by Gasteiger charge is -2.32. The van der Waals surface area contributed by atoms with Crippen LogP contribution in [0.5, 0.6) is 0 Å². The van der Waals surface area contributed by atoms with Crippen LogP contribution in [-0.2, 0) is 11.3 Å². The summed E-state index contributed by atoms with van der Waals surface area (Å²) in [5.74, 6) is -0.140. The molecule has 0 saturated carbocycles. The van der Waals surface area contributed by atoms with Gasteiger partial charge in [-0.05, 0) is 38.3 Å². The monoisotopic (exact) mass is 382 g/mol. The molecule has 150 valence electrons. The van der Waals surface area contributed by atoms with Crippen molar-refractivity contribution >= 4 is 11.8 Å². The van der Waals surface area contributed by atoms with Crippen molar-refractivity contribution in [1.29, 1.82) is 0 Å². The Labute approximate surface area is 166 Å². The van der Waals surface area contributed by atoms with E-state index in [0.29, 0.717) is 26.2 Å². The number of nitrogens with two attached hydrogens (primary N) is 1. The molecule has 1 saturated heterocycles. The van der Waals surface area contributed by atoms with Crippen LogP contribution in [0, 0.1) is 19.8 Å². The van der Waals surface area contributed by atoms with E-state index in [4.69, 9.17) is 5.73 Å². The zero-order valence-corrected chi connectivity index (χ0v) is 16.8. The summed E-state index contributed by atoms with van der Waals surface area (Å²) in [5.41, 5.74) is 9.45. The van der Waals surface area contributed by atoms with Crippen LogP contribution in [0.25, 0.3) is 0 Å². The zero-order chi connectivity index (χ0) is 20.1. The second-order valence-corrected chi connectivity index (χ2v) is 7.53. The second kappa shape index (κ2) is 9.06. The highest BCUT2D eigenvalue weighted by molar-refractivity contribution is 5.96. The van der Waals surface area contributed by atoms with Gasteiger partial charge in [-0.3, -0.25) is 9.59 Å². The fourth-order valence-electron chi connectivity index (χ4n) is 3.91. The summed E-state index contributed by atoms with van der Waals surface area (Å²) in [5, 5.41) is 2.85. The highest BCUT2D eigenvalue weighted by atomic mass is 16.2. The first-order chi connectivity index (χ1) is 13.5. The Balaban J connectivity index is 1.73. The van der Waals surface area contributed by atoms with Gasteiger partial charge in [0.2, 0.25) is 5.91 Å². The molecule has 1 aliphatic rings. The minimum absolute atomic E-state index is 0.00231. The fourth-order valence-corrected chi connectivity index (χ4v) is 3.91. The summed E-state index contributed by atoms with van der Waals surface area (Å²) in [7, 11) is 0. The van der Waals surface area contributed by atoms with Crippen LogP contribution in [-0.4, -0.2) is 47.5 Å². The lowest BCUT2D eigenvalue weighted by Crippen LogP contribution is -2.46. The van der Waals surface area contributed by atoms with Crippen molar-refractivity contribution in [1.82, 2.24) is 14.8 Å². The molecule has 1 unspecified atom stereocenters. The van der Waals surface area contributed by atoms with Crippen molar-refractivity contribution in [2.45, 2.75) is 33.2 Å². The van der Waals surface area contributed by atoms with Gasteiger partial charge in [0.25, 0.3) is 5.91 Å². The molecule has 3 N–H and O–H groups in total. The molecule has 2 aromatic rings. The molecular weight excluding hydrogens is 352 g/mol. The smallest absolute Gasteiger partial charge is 0.255 e. The van der Waals surface area contributed by atoms with Crippen LogP contribution in [0.4, 0.5) is 0 Å². The van der Waals surface area contributed by atoms with Crippen LogP contribution in [0.15, 0.2) is 36.4 Å². The summed E-state index contributed by atoms with van der Waals surface area (Å²) in [6, 6.07) is 12.2. The molecule has 1 aliphatic heterocycles. The molecular formula is C22H30N4O2. The second-order valence-electron chi connectivity index (χ2n) is 7.53. The number of piperidine rings is 1. The molecule has 1 fully saturated rings. The van der Waals surface area contributed by atoms with E-state index < -0.39 is 0 Å². The number of likely N-dealkylation sites (tertiary alicyclic amines) is 1. The number of rotatable bonds is 6. The maximum Gasteiger partial charge on any atom is 0.255 e. The van der Waals surface area contributed by atoms with Crippen LogP contribution < -0.4 is 11.1 Å². The Morgan fingerprint density at radius 1 is 1.21 bits per heavy atom. The molecule has 3 rings (SSSR count). The van der Waals surface area contributed by atoms with Crippen molar-refractivity contribution in [2.24, 2.45) is 11.7 Å². The largest absolute Gasteiger partial charge is 0.355 e. The third-order valence-electron chi connectivity index (χ3n) is 5.51. The van der Waals surface area contributed by atoms with Gasteiger partial charge in [-0.25, -0.2) is 0 Å². The van der Waals surface area contributed by atoms with Crippen molar-refractivity contribution in [3.63, 3.8) is 0 Å². The first-order valence-corrected chi connectivity index (χ1v) is 9.99. The SMILES string of the molecule is Cc1cc(C(=O)N2CCCC(C(=O)NCCN)C2)c(C)n1Cc1ccccc1. The molecule has 0 bridgehead atoms. The molecule has 0 spiro atoms. The molecule has 1 atom stereocenters. The molecule has 6 heteroatoms. The number of nitrogens with one attached hydrogen (secondary N) is 1. The first-order valence-electron chi connectivity index (χ1n) is 9.99. The van der Waals surface area contributed by atoms with Gasteiger partial charge in [0.1, 0.15) is 0 Å². The van der Waals surface area contributed by atoms with Crippen LogP contribution in [0.2, 0.25) is 0 Å². The summed E-state index contributed by atoms with van der Waals surface area (Å²) >= 11 is 0. The van der Waals surface area contributed by atoms with E-state index in [9.17, 15) is 9.59 Å². The molecule has 28 heavy (non-hydrogen) atoms. The van der Waals surface area contributed by atoms with Crippen LogP contribution in [0.3, 0.4) is 0 Å². The van der Waals surface area contributed by atoms with Gasteiger partial charge in [0, 0.05) is 44.1 Å². The van der Waals surface area contributed by atoms with Gasteiger partial charge in [-0.15, -0.1) is 0 Å². The first kappa shape index (κ1) is 20.1. The summed E-state index contributed by atoms with van der Waals surface area (Å²) in [6.45, 7) is 6.85. The van der Waals surface area contributed by atoms with Crippen molar-refractivity contribution in [2.75, 3.05) is 26.2 Å². The van der Waals surface area contributed by atoms with Crippen LogP contribution in [0.1, 0.15) is 40.2 Å². The number of hydrogen-bond acceptors (Lipinski definition) is 3. The molecule has 2 amide bonds. The number of carbonyl (C=O) groups excluding carboxylic acids is 2. The Kier molecular flexibility index (Phi) is 6.52. The topological polar surface area (TPSA) is 80.4 Å². The highest BCUT2D eigenvalue weighted by Crippen LogP contribution is 2.23. The van der Waals surface area contributed by atoms with E-state index in [1.807, 2.05) is 43.0 Å². The number of hydrogen-bond donors (Lipinski definition) is 2. The number of amides is 2. The lowest BCUT2D eigenvalue weighted by molar-refractivity contribution is -0.126. The lowest BCUT2D eigenvalue weighted by atomic mass is 9.96. The predicted octanol–water partition coefficient (Wildman–Crippen LogP) is 2.08. The Hall–Kier alpha value is -2.60. The number of aromatic nitrogens is 1. The normalized spacial score (nSPS) is 16.8. The number of nitrogens with zero attached hydrogens (tertiary/aromatic N) is 2. The quantitative estimate of drug-likeness (QED) is 0.803. The van der Waals surface area contributed by atoms with Gasteiger partial charge < -0.3 is 20.5 Å². The maximum atomic E-state index is 13.2. The van der Waals surface area contributed by atoms with Crippen molar-refractivity contribution in [3.05, 3.63) is 58.9 Å². The van der Waals surface area contributed by atoms with E-state index in [1.54, 1.807) is 0 Å². The molecule has 6 nitrogen and oxygen atoms in total. The number of benzene rings is 1. The number of carbonyl (C=O) groups is 2. The Morgan fingerprint density at radius 3 is 2.68 bits per heavy atom. The highest BCUT2D eigenvalue weighted by Gasteiger charge is 2.30. The molecule has 0 radical (unpaired) electrons. The van der Waals surface area contributed by atoms with Gasteiger partial charge in [0.05, 0.1) is 11.5 Å². The average Bonchev–Trinajstić information content (AvgIpc) is 3.00. The van der Waals surface area contributed by atoms with Crippen molar-refractivity contribution < 1.29 is 9.59 Å². The minimum atomic E-state index is -0.156. The van der Waals surface area contributed by atoms with Gasteiger partial charge in [-0.2, -0.15) is 0 Å². The Bertz CT molecular complexity index is 829. The Morgan fingerprint density at radius 2 is 1.96 bits per heavy atom. The van der Waals surface area contributed by atoms with E-state index in [-0.39, 0.29) is 17.7 Å². The van der Waals surface area contributed by atoms with E-state index >= 15 is 0 Å². The molecule has 0 aliphatic carbocycles. The van der Waals surface area contributed by atoms with E-state index in [0.717, 1.165) is 36.3 Å². The zero-order valence-electron chi connectivity index (χ0n) is 16.8. The van der Waals surface area contributed by atoms with E-state index in [2.05, 4.69) is 22.0 Å². The van der Waals surface area contributed by atoms with Crippen molar-refractivity contribution in [3.8, 4) is 0 Å². The summed E-state index contributed by atoms with van der Waals surface area (Å²) in [4.78, 5) is 27.3. The molecule has 1 aromatic heterocycles. The standard InChI is InChI=1S/C22H30N4O2/c1-16-13-20(17(2)26(16)14-18-7-4-3-5-8-18)22(28)25-12-6-9-19(15-25)21(27)24-11-10-23/h3-5,7-8,13,19H,6,9-12,14-15,23H2,1-2H3,(H,24,27). The summed E-state index contributed by atoms with van der Waals surface area (Å²) < 4.78 is 2.18. The average molecular weight is 383 g/mol. The van der Waals surface area contributed by atoms with Crippen LogP contribution >= 0.6 is 0 Å². The molecule has 1 aromatic carbocycles. The third kappa shape index (κ3) is 4.44. The maximum absolute atomic E-state index is 13.2. The molecule has 2 heterocycles.